The summed E-state index contributed by atoms with van der Waals surface area (Å²) in [6, 6.07) is 5.21. The normalized spacial score (nSPS) is 56.0. The summed E-state index contributed by atoms with van der Waals surface area (Å²) < 4.78 is 0. The van der Waals surface area contributed by atoms with Crippen LogP contribution in [0.3, 0.4) is 0 Å². The molecule has 0 aromatic carbocycles. The van der Waals surface area contributed by atoms with Crippen molar-refractivity contribution in [3.8, 4) is 0 Å². The second-order valence-corrected chi connectivity index (χ2v) is 8.20. The van der Waals surface area contributed by atoms with Gasteiger partial charge in [0.25, 0.3) is 0 Å². The first-order valence-electron chi connectivity index (χ1n) is 8.44. The maximum Gasteiger partial charge on any atom is 0.0312 e. The fourth-order valence-corrected chi connectivity index (χ4v) is 7.90. The SMILES string of the molecule is CN(Cc1cccnc1)[C@H]1[C@H]2[C@H]3C[C@@H]4[C@H]5[C@H]3C[C@H]2[C@@H]5[C@H]41. The predicted octanol–water partition coefficient (Wildman–Crippen LogP) is 2.66. The van der Waals surface area contributed by atoms with E-state index < -0.39 is 0 Å². The van der Waals surface area contributed by atoms with Crippen LogP contribution >= 0.6 is 0 Å². The minimum Gasteiger partial charge on any atom is -0.299 e. The molecule has 5 aliphatic carbocycles. The van der Waals surface area contributed by atoms with Crippen molar-refractivity contribution in [2.75, 3.05) is 7.05 Å². The monoisotopic (exact) mass is 266 g/mol. The molecular formula is C18H22N2. The lowest BCUT2D eigenvalue weighted by atomic mass is 9.58. The highest BCUT2D eigenvalue weighted by molar-refractivity contribution is 5.29. The topological polar surface area (TPSA) is 16.1 Å². The summed E-state index contributed by atoms with van der Waals surface area (Å²) in [5, 5.41) is 0. The first-order valence-corrected chi connectivity index (χ1v) is 8.44. The molecule has 1 aromatic rings. The summed E-state index contributed by atoms with van der Waals surface area (Å²) >= 11 is 0. The van der Waals surface area contributed by atoms with Crippen LogP contribution in [0.15, 0.2) is 24.5 Å². The Morgan fingerprint density at radius 3 is 2.65 bits per heavy atom. The highest BCUT2D eigenvalue weighted by atomic mass is 15.2. The van der Waals surface area contributed by atoms with Gasteiger partial charge in [-0.1, -0.05) is 6.07 Å². The molecule has 0 amide bonds. The molecule has 1 aromatic heterocycles. The van der Waals surface area contributed by atoms with Gasteiger partial charge >= 0.3 is 0 Å². The molecule has 0 radical (unpaired) electrons. The summed E-state index contributed by atoms with van der Waals surface area (Å²) in [6.45, 7) is 1.10. The molecule has 5 saturated carbocycles. The quantitative estimate of drug-likeness (QED) is 0.836. The third-order valence-electron chi connectivity index (χ3n) is 7.95. The highest BCUT2D eigenvalue weighted by Gasteiger charge is 2.80. The molecule has 5 aliphatic rings. The van der Waals surface area contributed by atoms with E-state index in [0.717, 1.165) is 54.0 Å². The highest BCUT2D eigenvalue weighted by Crippen LogP contribution is 2.83. The third-order valence-corrected chi connectivity index (χ3v) is 7.95. The molecule has 0 N–H and O–H groups in total. The van der Waals surface area contributed by atoms with E-state index in [1.165, 1.54) is 11.5 Å². The van der Waals surface area contributed by atoms with Gasteiger partial charge in [-0.25, -0.2) is 0 Å². The van der Waals surface area contributed by atoms with E-state index >= 15 is 0 Å². The van der Waals surface area contributed by atoms with E-state index in [1.807, 2.05) is 12.4 Å². The van der Waals surface area contributed by atoms with Crippen LogP contribution in [0.25, 0.3) is 0 Å². The predicted molar refractivity (Wildman–Crippen MR) is 76.6 cm³/mol. The van der Waals surface area contributed by atoms with Gasteiger partial charge < -0.3 is 0 Å². The third kappa shape index (κ3) is 0.986. The number of hydrogen-bond donors (Lipinski definition) is 0. The summed E-state index contributed by atoms with van der Waals surface area (Å²) in [4.78, 5) is 6.98. The molecule has 6 rings (SSSR count). The van der Waals surface area contributed by atoms with E-state index in [4.69, 9.17) is 0 Å². The Morgan fingerprint density at radius 1 is 1.05 bits per heavy atom. The number of fused-ring (bicyclic) bond motifs is 2. The molecule has 2 nitrogen and oxygen atoms in total. The number of hydrogen-bond acceptors (Lipinski definition) is 2. The molecule has 1 heterocycles. The van der Waals surface area contributed by atoms with Crippen LogP contribution in [0.2, 0.25) is 0 Å². The number of rotatable bonds is 3. The zero-order chi connectivity index (χ0) is 13.0. The Kier molecular flexibility index (Phi) is 1.78. The fourth-order valence-electron chi connectivity index (χ4n) is 7.90. The average Bonchev–Trinajstić information content (AvgIpc) is 2.98. The molecule has 104 valence electrons. The molecule has 5 fully saturated rings. The molecule has 9 atom stereocenters. The van der Waals surface area contributed by atoms with Gasteiger partial charge in [0.15, 0.2) is 0 Å². The van der Waals surface area contributed by atoms with Gasteiger partial charge in [-0.05, 0) is 78.9 Å². The first-order chi connectivity index (χ1) is 9.84. The minimum atomic E-state index is 0.901. The lowest BCUT2D eigenvalue weighted by Gasteiger charge is -2.50. The zero-order valence-electron chi connectivity index (χ0n) is 12.0. The Morgan fingerprint density at radius 2 is 1.85 bits per heavy atom. The standard InChI is InChI=1S/C18H22N2/c1-20(8-9-3-2-4-19-7-9)18-15-11-6-12-14-10(11)5-13(15)16(14)17(12)18/h2-4,7,10-18H,5-6,8H2,1H3/t10-,11-,12+,13+,14+,15-,16-,17-,18-/m0/s1. The average molecular weight is 266 g/mol. The maximum atomic E-state index is 4.28. The summed E-state index contributed by atoms with van der Waals surface area (Å²) in [7, 11) is 2.38. The van der Waals surface area contributed by atoms with Crippen molar-refractivity contribution >= 4 is 0 Å². The molecule has 0 saturated heterocycles. The van der Waals surface area contributed by atoms with E-state index in [0.29, 0.717) is 0 Å². The maximum absolute atomic E-state index is 4.28. The number of pyridine rings is 1. The summed E-state index contributed by atoms with van der Waals surface area (Å²) in [5.74, 6) is 8.99. The molecule has 2 heteroatoms. The largest absolute Gasteiger partial charge is 0.299 e. The number of nitrogens with zero attached hydrogens (tertiary/aromatic N) is 2. The van der Waals surface area contributed by atoms with Crippen molar-refractivity contribution < 1.29 is 0 Å². The lowest BCUT2D eigenvalue weighted by molar-refractivity contribution is -0.0220. The van der Waals surface area contributed by atoms with Crippen LogP contribution in [0.5, 0.6) is 0 Å². The first kappa shape index (κ1) is 10.8. The van der Waals surface area contributed by atoms with Crippen LogP contribution in [0, 0.1) is 47.3 Å². The summed E-state index contributed by atoms with van der Waals surface area (Å²) in [6.07, 6.45) is 7.14. The van der Waals surface area contributed by atoms with Crippen molar-refractivity contribution in [3.05, 3.63) is 30.1 Å². The minimum absolute atomic E-state index is 0.901. The Bertz CT molecular complexity index is 564. The van der Waals surface area contributed by atoms with E-state index in [2.05, 4.69) is 29.1 Å². The van der Waals surface area contributed by atoms with Crippen LogP contribution in [0.1, 0.15) is 18.4 Å². The van der Waals surface area contributed by atoms with Crippen molar-refractivity contribution in [3.63, 3.8) is 0 Å². The molecule has 0 spiro atoms. The van der Waals surface area contributed by atoms with Crippen molar-refractivity contribution in [2.24, 2.45) is 47.3 Å². The van der Waals surface area contributed by atoms with Crippen molar-refractivity contribution in [1.82, 2.24) is 9.88 Å². The fraction of sp³-hybridized carbons (Fsp3) is 0.722. The van der Waals surface area contributed by atoms with Gasteiger partial charge in [0, 0.05) is 25.0 Å². The molecule has 2 bridgehead atoms. The van der Waals surface area contributed by atoms with Crippen LogP contribution in [-0.4, -0.2) is 23.0 Å². The lowest BCUT2D eigenvalue weighted by Crippen LogP contribution is -2.51. The Labute approximate surface area is 120 Å². The van der Waals surface area contributed by atoms with E-state index in [1.54, 1.807) is 12.8 Å². The zero-order valence-corrected chi connectivity index (χ0v) is 12.0. The van der Waals surface area contributed by atoms with E-state index in [-0.39, 0.29) is 0 Å². The van der Waals surface area contributed by atoms with Gasteiger partial charge in [0.2, 0.25) is 0 Å². The molecule has 0 unspecified atom stereocenters. The van der Waals surface area contributed by atoms with Gasteiger partial charge in [0.05, 0.1) is 0 Å². The van der Waals surface area contributed by atoms with Gasteiger partial charge in [-0.2, -0.15) is 0 Å². The molecule has 0 aliphatic heterocycles. The second kappa shape index (κ2) is 3.30. The van der Waals surface area contributed by atoms with Crippen molar-refractivity contribution in [1.29, 1.82) is 0 Å². The molecule has 20 heavy (non-hydrogen) atoms. The Hall–Kier alpha value is -0.890. The van der Waals surface area contributed by atoms with Gasteiger partial charge in [0.1, 0.15) is 0 Å². The van der Waals surface area contributed by atoms with Crippen LogP contribution in [0.4, 0.5) is 0 Å². The van der Waals surface area contributed by atoms with Crippen LogP contribution in [-0.2, 0) is 6.54 Å². The van der Waals surface area contributed by atoms with Gasteiger partial charge in [-0.3, -0.25) is 9.88 Å². The van der Waals surface area contributed by atoms with Crippen molar-refractivity contribution in [2.45, 2.75) is 25.4 Å². The van der Waals surface area contributed by atoms with Gasteiger partial charge in [-0.15, -0.1) is 0 Å². The summed E-state index contributed by atoms with van der Waals surface area (Å²) in [5.41, 5.74) is 1.38. The Balaban J connectivity index is 1.33. The van der Waals surface area contributed by atoms with Crippen LogP contribution < -0.4 is 0 Å². The van der Waals surface area contributed by atoms with E-state index in [9.17, 15) is 0 Å². The second-order valence-electron chi connectivity index (χ2n) is 8.20. The number of aromatic nitrogens is 1. The smallest absolute Gasteiger partial charge is 0.0312 e. The molecular weight excluding hydrogens is 244 g/mol.